The Morgan fingerprint density at radius 2 is 2.11 bits per heavy atom. The Morgan fingerprint density at radius 3 is 2.58 bits per heavy atom. The molecule has 1 atom stereocenters. The Labute approximate surface area is 114 Å². The van der Waals surface area contributed by atoms with Crippen molar-refractivity contribution < 1.29 is 4.79 Å². The number of hydrogen-bond donors (Lipinski definition) is 2. The summed E-state index contributed by atoms with van der Waals surface area (Å²) in [5.41, 5.74) is 6.37. The Morgan fingerprint density at radius 1 is 1.47 bits per heavy atom. The third kappa shape index (κ3) is 4.39. The highest BCUT2D eigenvalue weighted by atomic mass is 16.1. The van der Waals surface area contributed by atoms with Gasteiger partial charge in [-0.05, 0) is 19.3 Å². The molecule has 0 bridgehead atoms. The zero-order chi connectivity index (χ0) is 14.6. The van der Waals surface area contributed by atoms with Gasteiger partial charge >= 0.3 is 0 Å². The quantitative estimate of drug-likeness (QED) is 0.806. The number of carbonyl (C=O) groups excluding carboxylic acids is 1. The van der Waals surface area contributed by atoms with E-state index in [9.17, 15) is 4.79 Å². The van der Waals surface area contributed by atoms with E-state index in [1.165, 1.54) is 0 Å². The lowest BCUT2D eigenvalue weighted by Crippen LogP contribution is -2.37. The molecule has 1 aromatic heterocycles. The number of rotatable bonds is 6. The van der Waals surface area contributed by atoms with Crippen molar-refractivity contribution in [3.63, 3.8) is 0 Å². The van der Waals surface area contributed by atoms with Crippen molar-refractivity contribution in [3.05, 3.63) is 11.8 Å². The van der Waals surface area contributed by atoms with Crippen molar-refractivity contribution in [3.8, 4) is 0 Å². The normalized spacial score (nSPS) is 12.3. The first-order valence-corrected chi connectivity index (χ1v) is 6.38. The average molecular weight is 265 g/mol. The molecule has 3 N–H and O–H groups in total. The van der Waals surface area contributed by atoms with E-state index >= 15 is 0 Å². The van der Waals surface area contributed by atoms with Crippen LogP contribution in [0.25, 0.3) is 0 Å². The lowest BCUT2D eigenvalue weighted by Gasteiger charge is -2.19. The summed E-state index contributed by atoms with van der Waals surface area (Å²) in [6.45, 7) is 6.02. The lowest BCUT2D eigenvalue weighted by atomic mass is 10.0. The van der Waals surface area contributed by atoms with Gasteiger partial charge in [-0.15, -0.1) is 0 Å². The van der Waals surface area contributed by atoms with Gasteiger partial charge in [0.05, 0.1) is 0 Å². The van der Waals surface area contributed by atoms with Crippen LogP contribution in [0.15, 0.2) is 6.20 Å². The van der Waals surface area contributed by atoms with Crippen LogP contribution >= 0.6 is 0 Å². The number of aromatic nitrogens is 2. The fourth-order valence-corrected chi connectivity index (χ4v) is 1.83. The molecule has 1 aromatic rings. The van der Waals surface area contributed by atoms with E-state index in [2.05, 4.69) is 15.3 Å². The maximum Gasteiger partial charge on any atom is 0.240 e. The SMILES string of the molecule is Cc1cnc(N[C@@H](CC(C)C)C(N)=O)nc1N(C)C. The number of nitrogens with two attached hydrogens (primary N) is 1. The molecular formula is C13H23N5O. The number of nitrogens with one attached hydrogen (secondary N) is 1. The predicted octanol–water partition coefficient (Wildman–Crippen LogP) is 1.16. The number of aryl methyl sites for hydroxylation is 1. The molecule has 106 valence electrons. The second kappa shape index (κ2) is 6.36. The van der Waals surface area contributed by atoms with Crippen molar-refractivity contribution in [2.75, 3.05) is 24.3 Å². The van der Waals surface area contributed by atoms with Crippen LogP contribution in [0.3, 0.4) is 0 Å². The molecule has 0 aliphatic heterocycles. The minimum atomic E-state index is -0.447. The van der Waals surface area contributed by atoms with Crippen LogP contribution < -0.4 is 16.0 Å². The summed E-state index contributed by atoms with van der Waals surface area (Å²) < 4.78 is 0. The van der Waals surface area contributed by atoms with Crippen molar-refractivity contribution >= 4 is 17.7 Å². The zero-order valence-corrected chi connectivity index (χ0v) is 12.3. The molecule has 0 aliphatic rings. The summed E-state index contributed by atoms with van der Waals surface area (Å²) in [4.78, 5) is 21.9. The monoisotopic (exact) mass is 265 g/mol. The summed E-state index contributed by atoms with van der Waals surface area (Å²) in [5, 5.41) is 3.01. The second-order valence-electron chi connectivity index (χ2n) is 5.32. The van der Waals surface area contributed by atoms with Gasteiger partial charge < -0.3 is 16.0 Å². The van der Waals surface area contributed by atoms with E-state index in [0.29, 0.717) is 18.3 Å². The number of anilines is 2. The molecule has 6 heteroatoms. The molecule has 1 heterocycles. The fourth-order valence-electron chi connectivity index (χ4n) is 1.83. The number of carbonyl (C=O) groups is 1. The van der Waals surface area contributed by atoms with Crippen LogP contribution in [-0.2, 0) is 4.79 Å². The average Bonchev–Trinajstić information content (AvgIpc) is 2.29. The first-order valence-electron chi connectivity index (χ1n) is 6.38. The molecule has 0 fully saturated rings. The standard InChI is InChI=1S/C13H23N5O/c1-8(2)6-10(11(14)19)16-13-15-7-9(3)12(17-13)18(4)5/h7-8,10H,6H2,1-5H3,(H2,14,19)(H,15,16,17)/t10-/m0/s1. The Kier molecular flexibility index (Phi) is 5.09. The van der Waals surface area contributed by atoms with Gasteiger partial charge in [-0.1, -0.05) is 13.8 Å². The highest BCUT2D eigenvalue weighted by Gasteiger charge is 2.18. The molecule has 0 aromatic carbocycles. The maximum atomic E-state index is 11.4. The predicted molar refractivity (Wildman–Crippen MR) is 77.2 cm³/mol. The molecule has 0 saturated heterocycles. The van der Waals surface area contributed by atoms with Crippen molar-refractivity contribution in [1.29, 1.82) is 0 Å². The molecule has 0 radical (unpaired) electrons. The van der Waals surface area contributed by atoms with Crippen molar-refractivity contribution in [1.82, 2.24) is 9.97 Å². The van der Waals surface area contributed by atoms with E-state index in [0.717, 1.165) is 11.4 Å². The fraction of sp³-hybridized carbons (Fsp3) is 0.615. The van der Waals surface area contributed by atoms with Crippen LogP contribution in [-0.4, -0.2) is 36.0 Å². The summed E-state index contributed by atoms with van der Waals surface area (Å²) >= 11 is 0. The largest absolute Gasteiger partial charge is 0.368 e. The summed E-state index contributed by atoms with van der Waals surface area (Å²) in [6, 6.07) is -0.447. The van der Waals surface area contributed by atoms with Crippen molar-refractivity contribution in [2.45, 2.75) is 33.2 Å². The van der Waals surface area contributed by atoms with E-state index < -0.39 is 6.04 Å². The van der Waals surface area contributed by atoms with Gasteiger partial charge in [0.1, 0.15) is 11.9 Å². The van der Waals surface area contributed by atoms with Crippen LogP contribution in [0, 0.1) is 12.8 Å². The summed E-state index contributed by atoms with van der Waals surface area (Å²) in [6.07, 6.45) is 2.39. The van der Waals surface area contributed by atoms with Gasteiger partial charge in [0.15, 0.2) is 0 Å². The lowest BCUT2D eigenvalue weighted by molar-refractivity contribution is -0.119. The smallest absolute Gasteiger partial charge is 0.240 e. The molecular weight excluding hydrogens is 242 g/mol. The number of primary amides is 1. The van der Waals surface area contributed by atoms with Crippen LogP contribution in [0.1, 0.15) is 25.8 Å². The van der Waals surface area contributed by atoms with E-state index in [1.54, 1.807) is 6.20 Å². The van der Waals surface area contributed by atoms with E-state index in [4.69, 9.17) is 5.73 Å². The number of hydrogen-bond acceptors (Lipinski definition) is 5. The molecule has 0 aliphatic carbocycles. The molecule has 0 unspecified atom stereocenters. The van der Waals surface area contributed by atoms with Crippen LogP contribution in [0.2, 0.25) is 0 Å². The van der Waals surface area contributed by atoms with Gasteiger partial charge in [0.2, 0.25) is 11.9 Å². The van der Waals surface area contributed by atoms with Crippen molar-refractivity contribution in [2.24, 2.45) is 11.7 Å². The number of amides is 1. The Bertz CT molecular complexity index is 445. The third-order valence-electron chi connectivity index (χ3n) is 2.72. The minimum absolute atomic E-state index is 0.365. The Hall–Kier alpha value is -1.85. The van der Waals surface area contributed by atoms with Gasteiger partial charge in [-0.25, -0.2) is 4.98 Å². The van der Waals surface area contributed by atoms with E-state index in [-0.39, 0.29) is 5.91 Å². The van der Waals surface area contributed by atoms with Crippen LogP contribution in [0.5, 0.6) is 0 Å². The second-order valence-corrected chi connectivity index (χ2v) is 5.32. The molecule has 1 rings (SSSR count). The molecule has 19 heavy (non-hydrogen) atoms. The summed E-state index contributed by atoms with van der Waals surface area (Å²) in [5.74, 6) is 1.23. The molecule has 0 spiro atoms. The molecule has 0 saturated carbocycles. The molecule has 6 nitrogen and oxygen atoms in total. The topological polar surface area (TPSA) is 84.1 Å². The van der Waals surface area contributed by atoms with Gasteiger partial charge in [0.25, 0.3) is 0 Å². The minimum Gasteiger partial charge on any atom is -0.368 e. The van der Waals surface area contributed by atoms with Gasteiger partial charge in [0, 0.05) is 25.9 Å². The van der Waals surface area contributed by atoms with Gasteiger partial charge in [-0.2, -0.15) is 4.98 Å². The highest BCUT2D eigenvalue weighted by Crippen LogP contribution is 2.16. The van der Waals surface area contributed by atoms with Crippen LogP contribution in [0.4, 0.5) is 11.8 Å². The zero-order valence-electron chi connectivity index (χ0n) is 12.3. The highest BCUT2D eigenvalue weighted by molar-refractivity contribution is 5.82. The number of nitrogens with zero attached hydrogens (tertiary/aromatic N) is 3. The summed E-state index contributed by atoms with van der Waals surface area (Å²) in [7, 11) is 3.83. The third-order valence-corrected chi connectivity index (χ3v) is 2.72. The first kappa shape index (κ1) is 15.2. The maximum absolute atomic E-state index is 11.4. The van der Waals surface area contributed by atoms with Gasteiger partial charge in [-0.3, -0.25) is 4.79 Å². The van der Waals surface area contributed by atoms with E-state index in [1.807, 2.05) is 39.8 Å². The Balaban J connectivity index is 2.91. The first-order chi connectivity index (χ1) is 8.81. The molecule has 1 amide bonds.